The number of benzene rings is 2. The van der Waals surface area contributed by atoms with Crippen molar-refractivity contribution in [2.45, 2.75) is 50.6 Å². The molecule has 4 aromatic rings. The SMILES string of the molecule is CC[C@@H]1CN2CC[C@H]1C[C@@H]2[C@H](Nc1c(Nc2cc(C(F)(F)F)cc(C(F)(F)F)c2)c(=O)c1=O)c1ccnc2ccc(OC)cc12. The Balaban J connectivity index is 1.42. The largest absolute Gasteiger partial charge is 0.497 e. The van der Waals surface area contributed by atoms with Gasteiger partial charge >= 0.3 is 12.4 Å². The number of hydrogen-bond acceptors (Lipinski definition) is 7. The number of fused-ring (bicyclic) bond motifs is 4. The summed E-state index contributed by atoms with van der Waals surface area (Å²) in [6.07, 6.45) is -5.68. The van der Waals surface area contributed by atoms with E-state index in [9.17, 15) is 35.9 Å². The molecule has 0 saturated carbocycles. The summed E-state index contributed by atoms with van der Waals surface area (Å²) in [6.45, 7) is 3.83. The van der Waals surface area contributed by atoms with Gasteiger partial charge in [0.1, 0.15) is 17.1 Å². The van der Waals surface area contributed by atoms with Crippen molar-refractivity contribution in [2.24, 2.45) is 11.8 Å². The van der Waals surface area contributed by atoms with Crippen molar-refractivity contribution in [3.8, 4) is 5.75 Å². The molecule has 1 unspecified atom stereocenters. The third kappa shape index (κ3) is 5.73. The highest BCUT2D eigenvalue weighted by atomic mass is 19.4. The number of anilines is 3. The summed E-state index contributed by atoms with van der Waals surface area (Å²) >= 11 is 0. The second-order valence-electron chi connectivity index (χ2n) is 11.7. The monoisotopic (exact) mass is 632 g/mol. The van der Waals surface area contributed by atoms with Crippen LogP contribution in [-0.4, -0.2) is 36.1 Å². The Kier molecular flexibility index (Phi) is 7.78. The molecule has 45 heavy (non-hydrogen) atoms. The summed E-state index contributed by atoms with van der Waals surface area (Å²) < 4.78 is 86.4. The van der Waals surface area contributed by atoms with Crippen molar-refractivity contribution in [3.63, 3.8) is 0 Å². The van der Waals surface area contributed by atoms with Crippen molar-refractivity contribution in [3.05, 3.63) is 85.8 Å². The third-order valence-corrected chi connectivity index (χ3v) is 9.23. The molecule has 4 heterocycles. The van der Waals surface area contributed by atoms with Gasteiger partial charge in [0.2, 0.25) is 0 Å². The average molecular weight is 633 g/mol. The molecule has 2 bridgehead atoms. The highest BCUT2D eigenvalue weighted by Crippen LogP contribution is 2.45. The number of hydrogen-bond donors (Lipinski definition) is 2. The van der Waals surface area contributed by atoms with E-state index in [1.54, 1.807) is 24.4 Å². The lowest BCUT2D eigenvalue weighted by molar-refractivity contribution is -0.143. The van der Waals surface area contributed by atoms with Crippen LogP contribution < -0.4 is 26.2 Å². The van der Waals surface area contributed by atoms with Crippen LogP contribution in [0.4, 0.5) is 43.4 Å². The number of ether oxygens (including phenoxy) is 1. The van der Waals surface area contributed by atoms with Gasteiger partial charge in [-0.3, -0.25) is 19.5 Å². The molecule has 0 spiro atoms. The fraction of sp³-hybridized carbons (Fsp3) is 0.406. The molecular formula is C32H30F6N4O3. The maximum atomic E-state index is 13.5. The number of nitrogens with zero attached hydrogens (tertiary/aromatic N) is 2. The van der Waals surface area contributed by atoms with E-state index < -0.39 is 51.8 Å². The quantitative estimate of drug-likeness (QED) is 0.162. The summed E-state index contributed by atoms with van der Waals surface area (Å²) in [7, 11) is 1.53. The van der Waals surface area contributed by atoms with Gasteiger partial charge < -0.3 is 15.4 Å². The predicted octanol–water partition coefficient (Wildman–Crippen LogP) is 6.89. The van der Waals surface area contributed by atoms with Crippen molar-refractivity contribution >= 4 is 28.0 Å². The summed E-state index contributed by atoms with van der Waals surface area (Å²) in [5.41, 5.74) is -4.82. The van der Waals surface area contributed by atoms with Crippen molar-refractivity contribution in [1.29, 1.82) is 0 Å². The minimum absolute atomic E-state index is 0.00144. The first-order valence-electron chi connectivity index (χ1n) is 14.6. The van der Waals surface area contributed by atoms with Crippen molar-refractivity contribution in [1.82, 2.24) is 9.88 Å². The number of rotatable bonds is 8. The fourth-order valence-corrected chi connectivity index (χ4v) is 6.89. The van der Waals surface area contributed by atoms with Crippen LogP contribution in [0.15, 0.2) is 58.3 Å². The van der Waals surface area contributed by atoms with Gasteiger partial charge in [-0.05, 0) is 79.3 Å². The van der Waals surface area contributed by atoms with Crippen LogP contribution in [0.25, 0.3) is 10.9 Å². The summed E-state index contributed by atoms with van der Waals surface area (Å²) in [4.78, 5) is 32.5. The zero-order valence-corrected chi connectivity index (χ0v) is 24.4. The molecule has 3 aromatic carbocycles. The van der Waals surface area contributed by atoms with Gasteiger partial charge in [0.15, 0.2) is 0 Å². The van der Waals surface area contributed by atoms with Crippen LogP contribution in [0.3, 0.4) is 0 Å². The second kappa shape index (κ2) is 11.3. The van der Waals surface area contributed by atoms with Crippen molar-refractivity contribution < 1.29 is 31.1 Å². The van der Waals surface area contributed by atoms with E-state index in [-0.39, 0.29) is 17.8 Å². The first-order valence-corrected chi connectivity index (χ1v) is 14.6. The molecule has 7 rings (SSSR count). The van der Waals surface area contributed by atoms with Gasteiger partial charge in [0, 0.05) is 29.9 Å². The average Bonchev–Trinajstić information content (AvgIpc) is 3.03. The van der Waals surface area contributed by atoms with Gasteiger partial charge in [-0.1, -0.05) is 13.3 Å². The Morgan fingerprint density at radius 2 is 1.67 bits per heavy atom. The van der Waals surface area contributed by atoms with Crippen LogP contribution in [0.2, 0.25) is 0 Å². The lowest BCUT2D eigenvalue weighted by Crippen LogP contribution is -2.56. The van der Waals surface area contributed by atoms with E-state index in [0.29, 0.717) is 35.2 Å². The molecule has 13 heteroatoms. The van der Waals surface area contributed by atoms with E-state index in [2.05, 4.69) is 27.4 Å². The minimum Gasteiger partial charge on any atom is -0.497 e. The van der Waals surface area contributed by atoms with E-state index in [1.807, 2.05) is 6.07 Å². The minimum atomic E-state index is -5.08. The molecule has 1 aromatic heterocycles. The molecule has 0 radical (unpaired) electrons. The maximum absolute atomic E-state index is 13.5. The number of piperidine rings is 3. The first-order chi connectivity index (χ1) is 21.3. The number of aromatic nitrogens is 1. The number of halogens is 6. The van der Waals surface area contributed by atoms with E-state index in [4.69, 9.17) is 4.74 Å². The molecule has 3 aliphatic rings. The number of alkyl halides is 6. The summed E-state index contributed by atoms with van der Waals surface area (Å²) in [6, 6.07) is 7.46. The third-order valence-electron chi connectivity index (χ3n) is 9.23. The zero-order valence-electron chi connectivity index (χ0n) is 24.4. The predicted molar refractivity (Wildman–Crippen MR) is 158 cm³/mol. The smallest absolute Gasteiger partial charge is 0.416 e. The summed E-state index contributed by atoms with van der Waals surface area (Å²) in [5, 5.41) is 6.36. The van der Waals surface area contributed by atoms with Crippen LogP contribution in [0, 0.1) is 11.8 Å². The molecular weight excluding hydrogens is 602 g/mol. The maximum Gasteiger partial charge on any atom is 0.416 e. The number of pyridine rings is 1. The molecule has 0 aliphatic carbocycles. The highest BCUT2D eigenvalue weighted by molar-refractivity contribution is 5.85. The molecule has 238 valence electrons. The van der Waals surface area contributed by atoms with Gasteiger partial charge in [0.25, 0.3) is 10.9 Å². The topological polar surface area (TPSA) is 83.6 Å². The number of methoxy groups -OCH3 is 1. The Morgan fingerprint density at radius 3 is 2.27 bits per heavy atom. The lowest BCUT2D eigenvalue weighted by atomic mass is 9.72. The van der Waals surface area contributed by atoms with Gasteiger partial charge in [-0.15, -0.1) is 0 Å². The number of nitrogens with one attached hydrogen (secondary N) is 2. The fourth-order valence-electron chi connectivity index (χ4n) is 6.89. The molecule has 3 fully saturated rings. The molecule has 2 N–H and O–H groups in total. The second-order valence-corrected chi connectivity index (χ2v) is 11.7. The highest BCUT2D eigenvalue weighted by Gasteiger charge is 2.44. The van der Waals surface area contributed by atoms with E-state index in [1.165, 1.54) is 7.11 Å². The van der Waals surface area contributed by atoms with Crippen LogP contribution in [-0.2, 0) is 12.4 Å². The standard InChI is InChI=1S/C32H30F6N4O3/c1-3-16-15-42-9-7-17(16)10-25(42)26(22-6-8-39-24-5-4-21(45-2)14-23(22)24)41-28-27(29(43)30(28)44)40-20-12-18(31(33,34)35)11-19(13-20)32(36,37)38/h4-6,8,11-14,16-17,25-26,40-41H,3,7,9-10,15H2,1-2H3/t16-,17+,25-,26-/m1/s1. The van der Waals surface area contributed by atoms with Gasteiger partial charge in [-0.25, -0.2) is 0 Å². The Bertz CT molecular complexity index is 1780. The van der Waals surface area contributed by atoms with Crippen LogP contribution in [0.5, 0.6) is 5.75 Å². The van der Waals surface area contributed by atoms with Gasteiger partial charge in [-0.2, -0.15) is 26.3 Å². The first kappa shape index (κ1) is 30.9. The van der Waals surface area contributed by atoms with Crippen molar-refractivity contribution in [2.75, 3.05) is 30.8 Å². The molecule has 5 atom stereocenters. The Labute approximate surface area is 253 Å². The van der Waals surface area contributed by atoms with Crippen LogP contribution >= 0.6 is 0 Å². The Hall–Kier alpha value is -4.13. The molecule has 7 nitrogen and oxygen atoms in total. The molecule has 3 saturated heterocycles. The zero-order chi connectivity index (χ0) is 32.3. The van der Waals surface area contributed by atoms with E-state index in [0.717, 1.165) is 43.3 Å². The van der Waals surface area contributed by atoms with E-state index >= 15 is 0 Å². The molecule has 0 amide bonds. The van der Waals surface area contributed by atoms with Gasteiger partial charge in [0.05, 0.1) is 29.8 Å². The lowest BCUT2D eigenvalue weighted by Gasteiger charge is -2.52. The normalized spacial score (nSPS) is 22.5. The molecule has 3 aliphatic heterocycles. The Morgan fingerprint density at radius 1 is 0.978 bits per heavy atom. The van der Waals surface area contributed by atoms with Crippen LogP contribution in [0.1, 0.15) is 48.9 Å². The summed E-state index contributed by atoms with van der Waals surface area (Å²) in [5.74, 6) is 1.53.